The van der Waals surface area contributed by atoms with Gasteiger partial charge in [0.05, 0.1) is 0 Å². The van der Waals surface area contributed by atoms with Gasteiger partial charge in [-0.1, -0.05) is 340 Å². The molecule has 3 nitrogen and oxygen atoms in total. The van der Waals surface area contributed by atoms with Crippen molar-refractivity contribution < 1.29 is 0 Å². The van der Waals surface area contributed by atoms with Crippen LogP contribution in [0.5, 0.6) is 0 Å². The third-order valence-corrected chi connectivity index (χ3v) is 29.6. The Hall–Kier alpha value is -14.3. The molecule has 125 heavy (non-hydrogen) atoms. The zero-order chi connectivity index (χ0) is 81.9. The lowest BCUT2D eigenvalue weighted by Crippen LogP contribution is -2.63. The van der Waals surface area contributed by atoms with Crippen LogP contribution in [0.25, 0.3) is 153 Å². The van der Waals surface area contributed by atoms with Gasteiger partial charge in [-0.05, 0) is 321 Å². The summed E-state index contributed by atoms with van der Waals surface area (Å²) in [5, 5.41) is 21.2. The van der Waals surface area contributed by atoms with Gasteiger partial charge in [0.25, 0.3) is 6.71 Å². The van der Waals surface area contributed by atoms with Crippen LogP contribution in [0.4, 0.5) is 28.4 Å². The fourth-order valence-electron chi connectivity index (χ4n) is 24.6. The second kappa shape index (κ2) is 29.2. The normalized spacial score (nSPS) is 16.3. The molecule has 4 fully saturated rings. The van der Waals surface area contributed by atoms with E-state index in [-0.39, 0.29) is 6.71 Å². The van der Waals surface area contributed by atoms with Crippen molar-refractivity contribution in [2.75, 3.05) is 27.8 Å². The topological polar surface area (TPSA) is 9.72 Å². The molecule has 6 aliphatic rings. The van der Waals surface area contributed by atoms with Crippen LogP contribution in [-0.4, -0.2) is 31.9 Å². The number of piperidine rings is 2. The molecule has 0 radical (unpaired) electrons. The largest absolute Gasteiger partial charge is 0.365 e. The van der Waals surface area contributed by atoms with Crippen molar-refractivity contribution in [1.82, 2.24) is 0 Å². The molecule has 4 aliphatic heterocycles. The smallest absolute Gasteiger partial charge is 0.252 e. The summed E-state index contributed by atoms with van der Waals surface area (Å²) in [4.78, 5) is 8.71. The van der Waals surface area contributed by atoms with Gasteiger partial charge < -0.3 is 14.7 Å². The van der Waals surface area contributed by atoms with Gasteiger partial charge in [0.15, 0.2) is 0 Å². The molecule has 4 heterocycles. The molecule has 21 aromatic carbocycles. The highest BCUT2D eigenvalue weighted by Crippen LogP contribution is 2.54. The minimum absolute atomic E-state index is 0.126. The number of rotatable bonds is 17. The summed E-state index contributed by atoms with van der Waals surface area (Å²) >= 11 is 0. The maximum Gasteiger partial charge on any atom is 0.252 e. The van der Waals surface area contributed by atoms with E-state index in [1.165, 1.54) is 263 Å². The Balaban J connectivity index is 0.714. The molecule has 27 rings (SSSR count). The van der Waals surface area contributed by atoms with E-state index in [0.717, 1.165) is 50.6 Å². The van der Waals surface area contributed by atoms with Crippen LogP contribution in [0.1, 0.15) is 65.5 Å². The number of anilines is 5. The molecular formula is C121H90BN3. The van der Waals surface area contributed by atoms with E-state index in [2.05, 4.69) is 403 Å². The van der Waals surface area contributed by atoms with Crippen LogP contribution >= 0.6 is 0 Å². The van der Waals surface area contributed by atoms with Crippen molar-refractivity contribution in [3.8, 4) is 66.8 Å². The maximum absolute atomic E-state index is 3.00. The molecule has 4 bridgehead atoms. The van der Waals surface area contributed by atoms with Gasteiger partial charge in [0, 0.05) is 53.6 Å². The van der Waals surface area contributed by atoms with Gasteiger partial charge in [0.1, 0.15) is 0 Å². The van der Waals surface area contributed by atoms with Crippen molar-refractivity contribution in [2.45, 2.75) is 69.9 Å². The lowest BCUT2D eigenvalue weighted by Gasteiger charge is -2.58. The lowest BCUT2D eigenvalue weighted by molar-refractivity contribution is 0.0900. The zero-order valence-corrected chi connectivity index (χ0v) is 70.0. The molecule has 2 saturated carbocycles. The van der Waals surface area contributed by atoms with Crippen molar-refractivity contribution >= 4 is 138 Å². The minimum atomic E-state index is -0.126. The summed E-state index contributed by atoms with van der Waals surface area (Å²) in [5.74, 6) is 1.59. The molecule has 0 spiro atoms. The molecule has 592 valence electrons. The molecule has 4 heteroatoms. The SMILES string of the molecule is c1ccc(-c2cc(-c3ccccc3)c(CCN3c4ccc(Cc5cc6cccc7c8cccc9cccc(c(c5)c67)c98)cc4B4c5cc(Cc6cc7cccc8c9cccc%10cccc(c(c6)c78)c%109)ccc5N(CCc5c(-c6ccccc6)cc(-c6ccccc6)cc5-c5ccccc5)c5cc(N6C7CC8CC(C7)CC6C8)cc3c54)c(-c3ccccc3)c2)cc1. The Bertz CT molecular complexity index is 7260. The van der Waals surface area contributed by atoms with Gasteiger partial charge in [-0.15, -0.1) is 0 Å². The number of nitrogens with zero attached hydrogens (tertiary/aromatic N) is 3. The van der Waals surface area contributed by atoms with Crippen molar-refractivity contribution in [3.05, 3.63) is 422 Å². The van der Waals surface area contributed by atoms with Crippen molar-refractivity contribution in [1.29, 1.82) is 0 Å². The third kappa shape index (κ3) is 12.0. The van der Waals surface area contributed by atoms with E-state index in [9.17, 15) is 0 Å². The van der Waals surface area contributed by atoms with Gasteiger partial charge in [-0.2, -0.15) is 0 Å². The van der Waals surface area contributed by atoms with Crippen LogP contribution in [0, 0.1) is 11.8 Å². The highest BCUT2D eigenvalue weighted by Gasteiger charge is 2.49. The quantitative estimate of drug-likeness (QED) is 0.0511. The first-order chi connectivity index (χ1) is 61.9. The van der Waals surface area contributed by atoms with Crippen molar-refractivity contribution in [3.63, 3.8) is 0 Å². The first kappa shape index (κ1) is 72.3. The van der Waals surface area contributed by atoms with Crippen LogP contribution in [0.15, 0.2) is 388 Å². The summed E-state index contributed by atoms with van der Waals surface area (Å²) in [5.41, 5.74) is 33.7. The fourth-order valence-corrected chi connectivity index (χ4v) is 24.6. The summed E-state index contributed by atoms with van der Waals surface area (Å²) in [6.45, 7) is 1.36. The first-order valence-electron chi connectivity index (χ1n) is 45.5. The molecule has 0 unspecified atom stereocenters. The van der Waals surface area contributed by atoms with E-state index < -0.39 is 0 Å². The average Bonchev–Trinajstić information content (AvgIpc) is 0.700. The van der Waals surface area contributed by atoms with E-state index in [1.54, 1.807) is 0 Å². The fraction of sp³-hybridized carbons (Fsp3) is 0.124. The molecule has 0 aromatic heterocycles. The van der Waals surface area contributed by atoms with Crippen LogP contribution < -0.4 is 31.1 Å². The Labute approximate surface area is 730 Å². The van der Waals surface area contributed by atoms with E-state index >= 15 is 0 Å². The zero-order valence-electron chi connectivity index (χ0n) is 70.0. The Morgan fingerprint density at radius 1 is 0.240 bits per heavy atom. The Kier molecular flexibility index (Phi) is 16.9. The maximum atomic E-state index is 3.00. The first-order valence-corrected chi connectivity index (χ1v) is 45.5. The number of hydrogen-bond donors (Lipinski definition) is 0. The molecule has 0 amide bonds. The molecule has 0 atom stereocenters. The summed E-state index contributed by atoms with van der Waals surface area (Å²) in [6.07, 6.45) is 9.59. The molecule has 2 saturated heterocycles. The van der Waals surface area contributed by atoms with Gasteiger partial charge >= 0.3 is 0 Å². The van der Waals surface area contributed by atoms with Crippen LogP contribution in [0.3, 0.4) is 0 Å². The van der Waals surface area contributed by atoms with Gasteiger partial charge in [-0.3, -0.25) is 0 Å². The lowest BCUT2D eigenvalue weighted by atomic mass is 9.33. The molecule has 0 N–H and O–H groups in total. The highest BCUT2D eigenvalue weighted by atomic mass is 15.2. The molecule has 2 aliphatic carbocycles. The molecular weight excluding hydrogens is 1510 g/mol. The van der Waals surface area contributed by atoms with Crippen molar-refractivity contribution in [2.24, 2.45) is 11.8 Å². The van der Waals surface area contributed by atoms with E-state index in [1.807, 2.05) is 0 Å². The number of fused-ring (bicyclic) bond motifs is 8. The number of benzene rings is 21. The summed E-state index contributed by atoms with van der Waals surface area (Å²) in [7, 11) is 0. The standard InChI is InChI=1S/C121H90BN3/c1-7-25-82(26-8-1)92-70-105(84-29-11-3-12-30-84)97(106(71-92)85-31-13-4-14-32-85)53-55-123-113-51-49-76(57-78-60-90-41-23-45-101-99-43-19-37-88-39-21-47-103(117(88)99)109(66-78)119(90)101)68-111(113)122-112-69-77(58-79-61-91-42-24-46-102-100-44-20-38-89-40-22-48-104(118(89)100)110(67-79)120(91)102)50-52-114(112)124(116-75-96(74-115(123)121(116)122)125-94-62-80-59-81(64-94)65-95(125)63-80)56-54-98-107(86-33-15-5-16-34-86)72-93(83-27-9-2-10-28-83)73-108(98)87-35-17-6-18-36-87/h1-52,60-61,66-75,80-81,94-95H,53-59,62-65H2. The summed E-state index contributed by atoms with van der Waals surface area (Å²) < 4.78 is 0. The third-order valence-electron chi connectivity index (χ3n) is 29.6. The van der Waals surface area contributed by atoms with Crippen LogP contribution in [-0.2, 0) is 25.7 Å². The summed E-state index contributed by atoms with van der Waals surface area (Å²) in [6, 6.07) is 151. The number of hydrogen-bond acceptors (Lipinski definition) is 3. The average molecular weight is 1600 g/mol. The Morgan fingerprint density at radius 2 is 0.560 bits per heavy atom. The minimum Gasteiger partial charge on any atom is -0.365 e. The second-order valence-corrected chi connectivity index (χ2v) is 36.7. The predicted molar refractivity (Wildman–Crippen MR) is 532 cm³/mol. The predicted octanol–water partition coefficient (Wildman–Crippen LogP) is 28.6. The van der Waals surface area contributed by atoms with Gasteiger partial charge in [0.2, 0.25) is 0 Å². The molecule has 21 aromatic rings. The highest BCUT2D eigenvalue weighted by molar-refractivity contribution is 7.00. The van der Waals surface area contributed by atoms with Crippen LogP contribution in [0.2, 0.25) is 0 Å². The monoisotopic (exact) mass is 1600 g/mol. The van der Waals surface area contributed by atoms with E-state index in [4.69, 9.17) is 0 Å². The second-order valence-electron chi connectivity index (χ2n) is 36.7. The van der Waals surface area contributed by atoms with E-state index in [0.29, 0.717) is 12.1 Å². The Morgan fingerprint density at radius 3 is 0.912 bits per heavy atom. The van der Waals surface area contributed by atoms with Gasteiger partial charge in [-0.25, -0.2) is 0 Å².